The zero-order chi connectivity index (χ0) is 20.5. The third-order valence-electron chi connectivity index (χ3n) is 4.76. The van der Waals surface area contributed by atoms with Crippen LogP contribution in [-0.2, 0) is 32.8 Å². The minimum Gasteiger partial charge on any atom is -0.337 e. The van der Waals surface area contributed by atoms with Gasteiger partial charge in [-0.2, -0.15) is 4.31 Å². The Morgan fingerprint density at radius 1 is 1.00 bits per heavy atom. The van der Waals surface area contributed by atoms with Gasteiger partial charge >= 0.3 is 0 Å². The van der Waals surface area contributed by atoms with E-state index in [4.69, 9.17) is 11.6 Å². The van der Waals surface area contributed by atoms with Gasteiger partial charge < -0.3 is 4.57 Å². The Morgan fingerprint density at radius 2 is 1.61 bits per heavy atom. The van der Waals surface area contributed by atoms with E-state index in [-0.39, 0.29) is 37.0 Å². The van der Waals surface area contributed by atoms with Crippen molar-refractivity contribution in [2.24, 2.45) is 7.05 Å². The molecule has 8 nitrogen and oxygen atoms in total. The first kappa shape index (κ1) is 21.3. The molecule has 0 saturated carbocycles. The lowest BCUT2D eigenvalue weighted by molar-refractivity contribution is 0.403. The van der Waals surface area contributed by atoms with E-state index in [1.165, 1.54) is 14.8 Å². The smallest absolute Gasteiger partial charge is 0.262 e. The molecule has 1 aliphatic rings. The van der Waals surface area contributed by atoms with E-state index in [0.717, 1.165) is 0 Å². The molecule has 1 aliphatic heterocycles. The second-order valence-electron chi connectivity index (χ2n) is 6.78. The maximum absolute atomic E-state index is 12.9. The van der Waals surface area contributed by atoms with Crippen LogP contribution in [0.2, 0.25) is 5.02 Å². The van der Waals surface area contributed by atoms with Crippen LogP contribution in [0.15, 0.2) is 35.5 Å². The van der Waals surface area contributed by atoms with Gasteiger partial charge in [0, 0.05) is 44.4 Å². The number of hydrogen-bond donors (Lipinski definition) is 0. The summed E-state index contributed by atoms with van der Waals surface area (Å²) in [6.45, 7) is 2.47. The molecule has 0 unspecified atom stereocenters. The van der Waals surface area contributed by atoms with E-state index in [1.54, 1.807) is 42.8 Å². The number of halogens is 1. The fourth-order valence-electron chi connectivity index (χ4n) is 3.05. The van der Waals surface area contributed by atoms with Crippen molar-refractivity contribution in [2.75, 3.05) is 26.2 Å². The topological polar surface area (TPSA) is 92.6 Å². The quantitative estimate of drug-likeness (QED) is 0.695. The molecule has 11 heteroatoms. The summed E-state index contributed by atoms with van der Waals surface area (Å²) in [6, 6.07) is 6.66. The summed E-state index contributed by atoms with van der Waals surface area (Å²) >= 11 is 5.84. The van der Waals surface area contributed by atoms with Gasteiger partial charge in [-0.1, -0.05) is 23.7 Å². The monoisotopic (exact) mass is 446 g/mol. The van der Waals surface area contributed by atoms with Gasteiger partial charge in [0.1, 0.15) is 5.82 Å². The highest BCUT2D eigenvalue weighted by Crippen LogP contribution is 2.20. The molecule has 0 atom stereocenters. The van der Waals surface area contributed by atoms with Gasteiger partial charge in [0.25, 0.3) is 10.0 Å². The van der Waals surface area contributed by atoms with Crippen LogP contribution in [0.3, 0.4) is 0 Å². The SMILES string of the molecule is Cc1nc(S(=O)(=O)N2CCCN(S(=O)(=O)Cc3ccc(Cl)cc3)CC2)cn1C. The lowest BCUT2D eigenvalue weighted by atomic mass is 10.2. The van der Waals surface area contributed by atoms with Gasteiger partial charge in [0.15, 0.2) is 5.03 Å². The number of aryl methyl sites for hydroxylation is 2. The summed E-state index contributed by atoms with van der Waals surface area (Å²) in [7, 11) is -5.58. The Kier molecular flexibility index (Phi) is 6.16. The molecule has 3 rings (SSSR count). The molecule has 28 heavy (non-hydrogen) atoms. The maximum atomic E-state index is 12.9. The van der Waals surface area contributed by atoms with E-state index < -0.39 is 20.0 Å². The summed E-state index contributed by atoms with van der Waals surface area (Å²) < 4.78 is 55.6. The second-order valence-corrected chi connectivity index (χ2v) is 11.1. The molecule has 1 aromatic heterocycles. The van der Waals surface area contributed by atoms with Crippen LogP contribution < -0.4 is 0 Å². The third kappa shape index (κ3) is 4.57. The Hall–Kier alpha value is -1.46. The molecule has 0 bridgehead atoms. The van der Waals surface area contributed by atoms with Crippen molar-refractivity contribution in [3.8, 4) is 0 Å². The van der Waals surface area contributed by atoms with Crippen molar-refractivity contribution in [2.45, 2.75) is 24.1 Å². The molecule has 1 fully saturated rings. The van der Waals surface area contributed by atoms with Crippen molar-refractivity contribution >= 4 is 31.6 Å². The second kappa shape index (κ2) is 8.11. The first-order valence-corrected chi connectivity index (χ1v) is 12.2. The fraction of sp³-hybridized carbons (Fsp3) is 0.471. The number of benzene rings is 1. The van der Waals surface area contributed by atoms with Crippen molar-refractivity contribution in [3.05, 3.63) is 46.9 Å². The molecule has 2 aromatic rings. The minimum atomic E-state index is -3.75. The van der Waals surface area contributed by atoms with Gasteiger partial charge in [0.2, 0.25) is 10.0 Å². The van der Waals surface area contributed by atoms with E-state index in [0.29, 0.717) is 22.8 Å². The molecule has 154 valence electrons. The number of nitrogens with zero attached hydrogens (tertiary/aromatic N) is 4. The molecular formula is C17H23ClN4O4S2. The fourth-order valence-corrected chi connectivity index (χ4v) is 6.24. The lowest BCUT2D eigenvalue weighted by Crippen LogP contribution is -2.37. The summed E-state index contributed by atoms with van der Waals surface area (Å²) in [4.78, 5) is 4.11. The van der Waals surface area contributed by atoms with Crippen LogP contribution in [0.4, 0.5) is 0 Å². The summed E-state index contributed by atoms with van der Waals surface area (Å²) in [5.41, 5.74) is 0.641. The van der Waals surface area contributed by atoms with Gasteiger partial charge in [-0.05, 0) is 31.0 Å². The summed E-state index contributed by atoms with van der Waals surface area (Å²) in [5.74, 6) is 0.455. The van der Waals surface area contributed by atoms with E-state index in [9.17, 15) is 16.8 Å². The van der Waals surface area contributed by atoms with Crippen molar-refractivity contribution in [1.82, 2.24) is 18.2 Å². The van der Waals surface area contributed by atoms with Crippen LogP contribution in [0, 0.1) is 6.92 Å². The normalized spacial score (nSPS) is 17.5. The number of rotatable bonds is 5. The van der Waals surface area contributed by atoms with Crippen LogP contribution >= 0.6 is 11.6 Å². The molecule has 1 saturated heterocycles. The van der Waals surface area contributed by atoms with Crippen LogP contribution in [0.1, 0.15) is 17.8 Å². The molecule has 0 spiro atoms. The van der Waals surface area contributed by atoms with Crippen LogP contribution in [0.25, 0.3) is 0 Å². The lowest BCUT2D eigenvalue weighted by Gasteiger charge is -2.21. The number of imidazole rings is 1. The summed E-state index contributed by atoms with van der Waals surface area (Å²) in [6.07, 6.45) is 1.90. The number of hydrogen-bond acceptors (Lipinski definition) is 5. The third-order valence-corrected chi connectivity index (χ3v) is 8.63. The first-order chi connectivity index (χ1) is 13.1. The summed E-state index contributed by atoms with van der Waals surface area (Å²) in [5, 5.41) is 0.534. The maximum Gasteiger partial charge on any atom is 0.262 e. The number of sulfonamides is 2. The van der Waals surface area contributed by atoms with Crippen LogP contribution in [0.5, 0.6) is 0 Å². The van der Waals surface area contributed by atoms with E-state index in [2.05, 4.69) is 4.98 Å². The zero-order valence-electron chi connectivity index (χ0n) is 15.7. The largest absolute Gasteiger partial charge is 0.337 e. The van der Waals surface area contributed by atoms with Gasteiger partial charge in [-0.3, -0.25) is 0 Å². The molecule has 1 aromatic carbocycles. The molecular weight excluding hydrogens is 424 g/mol. The first-order valence-electron chi connectivity index (χ1n) is 8.82. The zero-order valence-corrected chi connectivity index (χ0v) is 18.1. The van der Waals surface area contributed by atoms with Gasteiger partial charge in [-0.25, -0.2) is 26.1 Å². The minimum absolute atomic E-state index is 0.00929. The average molecular weight is 447 g/mol. The molecule has 0 radical (unpaired) electrons. The van der Waals surface area contributed by atoms with Gasteiger partial charge in [0.05, 0.1) is 5.75 Å². The van der Waals surface area contributed by atoms with E-state index in [1.807, 2.05) is 0 Å². The van der Waals surface area contributed by atoms with Crippen molar-refractivity contribution in [1.29, 1.82) is 0 Å². The standard InChI is InChI=1S/C17H23ClN4O4S2/c1-14-19-17(12-20(14)2)28(25,26)22-9-3-8-21(10-11-22)27(23,24)13-15-4-6-16(18)7-5-15/h4-7,12H,3,8-11,13H2,1-2H3. The van der Waals surface area contributed by atoms with E-state index >= 15 is 0 Å². The highest BCUT2D eigenvalue weighted by molar-refractivity contribution is 7.89. The van der Waals surface area contributed by atoms with Crippen molar-refractivity contribution < 1.29 is 16.8 Å². The average Bonchev–Trinajstić information content (AvgIpc) is 2.84. The van der Waals surface area contributed by atoms with Crippen LogP contribution in [-0.4, -0.2) is 61.2 Å². The number of aromatic nitrogens is 2. The Balaban J connectivity index is 1.72. The molecule has 0 aliphatic carbocycles. The Labute approximate surface area is 170 Å². The van der Waals surface area contributed by atoms with Crippen molar-refractivity contribution in [3.63, 3.8) is 0 Å². The molecule has 2 heterocycles. The predicted molar refractivity (Wildman–Crippen MR) is 107 cm³/mol. The highest BCUT2D eigenvalue weighted by Gasteiger charge is 2.32. The Bertz CT molecular complexity index is 1030. The molecule has 0 N–H and O–H groups in total. The Morgan fingerprint density at radius 3 is 2.21 bits per heavy atom. The highest BCUT2D eigenvalue weighted by atomic mass is 35.5. The molecule has 0 amide bonds. The van der Waals surface area contributed by atoms with Gasteiger partial charge in [-0.15, -0.1) is 0 Å². The predicted octanol–water partition coefficient (Wildman–Crippen LogP) is 1.61.